The first-order valence-electron chi connectivity index (χ1n) is 7.92. The molecule has 2 aliphatic rings. The second-order valence-electron chi connectivity index (χ2n) is 5.70. The third-order valence-electron chi connectivity index (χ3n) is 4.05. The predicted molar refractivity (Wildman–Crippen MR) is 95.2 cm³/mol. The smallest absolute Gasteiger partial charge is 0.242 e. The van der Waals surface area contributed by atoms with E-state index in [0.717, 1.165) is 33.8 Å². The Kier molecular flexibility index (Phi) is 4.79. The minimum Gasteiger partial charge on any atom is -0.443 e. The monoisotopic (exact) mass is 373 g/mol. The number of oxazole rings is 1. The van der Waals surface area contributed by atoms with Gasteiger partial charge in [0.25, 0.3) is 0 Å². The number of fused-ring (bicyclic) bond motifs is 1. The Hall–Kier alpha value is -2.55. The van der Waals surface area contributed by atoms with Crippen molar-refractivity contribution in [3.8, 4) is 0 Å². The van der Waals surface area contributed by atoms with E-state index in [1.165, 1.54) is 19.2 Å². The van der Waals surface area contributed by atoms with Gasteiger partial charge < -0.3 is 14.6 Å². The number of hydrogen-bond acceptors (Lipinski definition) is 7. The van der Waals surface area contributed by atoms with Crippen molar-refractivity contribution >= 4 is 17.7 Å². The zero-order valence-corrected chi connectivity index (χ0v) is 14.7. The van der Waals surface area contributed by atoms with E-state index in [2.05, 4.69) is 20.1 Å². The normalized spacial score (nSPS) is 18.8. The topological polar surface area (TPSA) is 59.8 Å². The van der Waals surface area contributed by atoms with Crippen molar-refractivity contribution in [2.24, 2.45) is 0 Å². The maximum atomic E-state index is 13.2. The lowest BCUT2D eigenvalue weighted by Crippen LogP contribution is -2.40. The van der Waals surface area contributed by atoms with Gasteiger partial charge in [0.1, 0.15) is 23.9 Å². The fraction of sp³-hybridized carbons (Fsp3) is 0.167. The first kappa shape index (κ1) is 16.9. The molecule has 3 heterocycles. The van der Waals surface area contributed by atoms with Gasteiger partial charge in [-0.2, -0.15) is 4.33 Å². The largest absolute Gasteiger partial charge is 0.443 e. The zero-order chi connectivity index (χ0) is 17.9. The van der Waals surface area contributed by atoms with Gasteiger partial charge in [-0.15, -0.1) is 0 Å². The third-order valence-corrected chi connectivity index (χ3v) is 4.68. The minimum atomic E-state index is -0.252. The summed E-state index contributed by atoms with van der Waals surface area (Å²) in [6.07, 6.45) is 8.98. The zero-order valence-electron chi connectivity index (χ0n) is 13.9. The maximum Gasteiger partial charge on any atom is 0.242 e. The van der Waals surface area contributed by atoms with Crippen LogP contribution < -0.4 is 5.32 Å². The Morgan fingerprint density at radius 1 is 1.31 bits per heavy atom. The predicted octanol–water partition coefficient (Wildman–Crippen LogP) is 3.59. The molecule has 1 aromatic heterocycles. The molecule has 1 atom stereocenters. The highest BCUT2D eigenvalue weighted by Crippen LogP contribution is 2.37. The van der Waals surface area contributed by atoms with Crippen LogP contribution in [-0.4, -0.2) is 23.2 Å². The lowest BCUT2D eigenvalue weighted by Gasteiger charge is -2.31. The number of halogens is 1. The fourth-order valence-electron chi connectivity index (χ4n) is 2.93. The summed E-state index contributed by atoms with van der Waals surface area (Å²) < 4.78 is 23.6. The molecule has 1 N–H and O–H groups in total. The second-order valence-corrected chi connectivity index (χ2v) is 6.47. The van der Waals surface area contributed by atoms with Crippen LogP contribution in [0.15, 0.2) is 70.0 Å². The SMILES string of the molecule is COOSC1=CNC2C(=C1)C=C(c1ncco1)N2Cc1ccc(F)cc1. The molecule has 6 nitrogen and oxygen atoms in total. The number of benzene rings is 1. The molecule has 8 heteroatoms. The number of nitrogens with one attached hydrogen (secondary N) is 1. The maximum absolute atomic E-state index is 13.2. The van der Waals surface area contributed by atoms with Crippen molar-refractivity contribution in [1.82, 2.24) is 15.2 Å². The molecule has 0 saturated carbocycles. The Morgan fingerprint density at radius 3 is 2.88 bits per heavy atom. The molecule has 0 fully saturated rings. The molecular formula is C18H16FN3O3S. The van der Waals surface area contributed by atoms with Crippen molar-refractivity contribution in [3.05, 3.63) is 82.8 Å². The Balaban J connectivity index is 1.62. The number of nitrogens with zero attached hydrogens (tertiary/aromatic N) is 2. The highest BCUT2D eigenvalue weighted by atomic mass is 32.2. The van der Waals surface area contributed by atoms with E-state index in [9.17, 15) is 4.39 Å². The summed E-state index contributed by atoms with van der Waals surface area (Å²) in [6, 6.07) is 6.47. The molecule has 0 spiro atoms. The fourth-order valence-corrected chi connectivity index (χ4v) is 3.38. The van der Waals surface area contributed by atoms with Crippen LogP contribution in [0.5, 0.6) is 0 Å². The lowest BCUT2D eigenvalue weighted by molar-refractivity contribution is -0.159. The number of dihydropyridines is 1. The van der Waals surface area contributed by atoms with Gasteiger partial charge in [0.15, 0.2) is 0 Å². The standard InChI is InChI=1S/C18H16FN3O3S/c1-23-25-26-15-8-13-9-16(18-20-6-7-24-18)22(17(13)21-10-15)11-12-2-4-14(19)5-3-12/h2-10,17,21H,11H2,1H3. The van der Waals surface area contributed by atoms with Crippen LogP contribution in [0, 0.1) is 5.82 Å². The Labute approximate surface area is 154 Å². The Morgan fingerprint density at radius 2 is 2.15 bits per heavy atom. The molecular weight excluding hydrogens is 357 g/mol. The van der Waals surface area contributed by atoms with E-state index in [1.54, 1.807) is 24.6 Å². The van der Waals surface area contributed by atoms with Gasteiger partial charge in [-0.3, -0.25) is 0 Å². The summed E-state index contributed by atoms with van der Waals surface area (Å²) in [7, 11) is 1.46. The van der Waals surface area contributed by atoms with E-state index in [0.29, 0.717) is 12.4 Å². The molecule has 2 aliphatic heterocycles. The van der Waals surface area contributed by atoms with Crippen LogP contribution >= 0.6 is 12.0 Å². The van der Waals surface area contributed by atoms with Gasteiger partial charge in [0.2, 0.25) is 5.89 Å². The van der Waals surface area contributed by atoms with Crippen LogP contribution in [0.2, 0.25) is 0 Å². The van der Waals surface area contributed by atoms with Crippen LogP contribution in [0.25, 0.3) is 5.70 Å². The summed E-state index contributed by atoms with van der Waals surface area (Å²) in [6.45, 7) is 0.578. The molecule has 1 unspecified atom stereocenters. The third kappa shape index (κ3) is 3.39. The number of hydrogen-bond donors (Lipinski definition) is 1. The first-order chi connectivity index (χ1) is 12.7. The molecule has 26 heavy (non-hydrogen) atoms. The lowest BCUT2D eigenvalue weighted by atomic mass is 10.1. The molecule has 0 saturated heterocycles. The molecule has 134 valence electrons. The van der Waals surface area contributed by atoms with Crippen LogP contribution in [0.1, 0.15) is 11.5 Å². The summed E-state index contributed by atoms with van der Waals surface area (Å²) in [5, 5.41) is 3.36. The highest BCUT2D eigenvalue weighted by Gasteiger charge is 2.34. The van der Waals surface area contributed by atoms with E-state index in [4.69, 9.17) is 8.75 Å². The van der Waals surface area contributed by atoms with E-state index < -0.39 is 0 Å². The molecule has 0 aliphatic carbocycles. The molecule has 0 bridgehead atoms. The number of rotatable bonds is 6. The molecule has 4 rings (SSSR count). The van der Waals surface area contributed by atoms with Crippen LogP contribution in [0.4, 0.5) is 4.39 Å². The van der Waals surface area contributed by atoms with E-state index in [1.807, 2.05) is 18.4 Å². The van der Waals surface area contributed by atoms with Crippen LogP contribution in [-0.2, 0) is 15.8 Å². The summed E-state index contributed by atoms with van der Waals surface area (Å²) >= 11 is 1.12. The molecule has 2 aromatic rings. The summed E-state index contributed by atoms with van der Waals surface area (Å²) in [5.74, 6) is 0.282. The van der Waals surface area contributed by atoms with Crippen molar-refractivity contribution in [3.63, 3.8) is 0 Å². The average molecular weight is 373 g/mol. The van der Waals surface area contributed by atoms with Gasteiger partial charge in [0.05, 0.1) is 30.3 Å². The first-order valence-corrected chi connectivity index (χ1v) is 8.66. The summed E-state index contributed by atoms with van der Waals surface area (Å²) in [4.78, 5) is 11.9. The van der Waals surface area contributed by atoms with Gasteiger partial charge in [-0.25, -0.2) is 14.3 Å². The van der Waals surface area contributed by atoms with E-state index in [-0.39, 0.29) is 12.0 Å². The van der Waals surface area contributed by atoms with E-state index >= 15 is 0 Å². The molecule has 0 radical (unpaired) electrons. The quantitative estimate of drug-likeness (QED) is 0.472. The molecule has 0 amide bonds. The Bertz CT molecular complexity index is 862. The van der Waals surface area contributed by atoms with Crippen LogP contribution in [0.3, 0.4) is 0 Å². The van der Waals surface area contributed by atoms with Crippen molar-refractivity contribution in [2.45, 2.75) is 12.7 Å². The number of allylic oxidation sites excluding steroid dienone is 1. The number of aromatic nitrogens is 1. The van der Waals surface area contributed by atoms with Crippen molar-refractivity contribution in [2.75, 3.05) is 7.11 Å². The highest BCUT2D eigenvalue weighted by molar-refractivity contribution is 7.98. The van der Waals surface area contributed by atoms with Gasteiger partial charge in [0, 0.05) is 12.7 Å². The molecule has 1 aromatic carbocycles. The second kappa shape index (κ2) is 7.36. The van der Waals surface area contributed by atoms with Crippen molar-refractivity contribution in [1.29, 1.82) is 0 Å². The van der Waals surface area contributed by atoms with Crippen molar-refractivity contribution < 1.29 is 18.0 Å². The van der Waals surface area contributed by atoms with Gasteiger partial charge >= 0.3 is 0 Å². The van der Waals surface area contributed by atoms with Gasteiger partial charge in [-0.05, 0) is 35.4 Å². The van der Waals surface area contributed by atoms with Gasteiger partial charge in [-0.1, -0.05) is 12.1 Å². The summed E-state index contributed by atoms with van der Waals surface area (Å²) in [5.41, 5.74) is 2.89. The minimum absolute atomic E-state index is 0.0751. The average Bonchev–Trinajstić information content (AvgIpc) is 3.30.